The van der Waals surface area contributed by atoms with Gasteiger partial charge < -0.3 is 33.8 Å². The Morgan fingerprint density at radius 3 is 0.764 bits per heavy atom. The van der Waals surface area contributed by atoms with E-state index in [0.717, 1.165) is 193 Å². The van der Waals surface area contributed by atoms with E-state index in [-0.39, 0.29) is 25.7 Å². The van der Waals surface area contributed by atoms with Crippen LogP contribution in [0.4, 0.5) is 0 Å². The highest BCUT2D eigenvalue weighted by molar-refractivity contribution is 7.47. The van der Waals surface area contributed by atoms with Gasteiger partial charge in [-0.15, -0.1) is 0 Å². The number of carbonyl (C=O) groups excluding carboxylic acids is 4. The number of ether oxygens (including phenoxy) is 4. The van der Waals surface area contributed by atoms with Crippen LogP contribution >= 0.6 is 15.6 Å². The molecule has 3 N–H and O–H groups in total. The third kappa shape index (κ3) is 76.9. The molecular formula is C87H144O17P2. The van der Waals surface area contributed by atoms with Gasteiger partial charge in [-0.3, -0.25) is 37.3 Å². The molecule has 0 radical (unpaired) electrons. The first-order valence-corrected chi connectivity index (χ1v) is 43.7. The van der Waals surface area contributed by atoms with Gasteiger partial charge in [-0.25, -0.2) is 9.13 Å². The molecule has 0 aliphatic carbocycles. The maximum Gasteiger partial charge on any atom is 0.472 e. The number of hydrogen-bond acceptors (Lipinski definition) is 15. The molecule has 0 bridgehead atoms. The number of aliphatic hydroxyl groups is 1. The molecule has 0 amide bonds. The van der Waals surface area contributed by atoms with Crippen molar-refractivity contribution >= 4 is 39.5 Å². The van der Waals surface area contributed by atoms with Gasteiger partial charge >= 0.3 is 39.5 Å². The van der Waals surface area contributed by atoms with Crippen molar-refractivity contribution in [1.82, 2.24) is 0 Å². The Labute approximate surface area is 642 Å². The third-order valence-corrected chi connectivity index (χ3v) is 18.4. The van der Waals surface area contributed by atoms with E-state index in [1.165, 1.54) is 38.5 Å². The molecule has 0 aromatic rings. The first kappa shape index (κ1) is 101. The van der Waals surface area contributed by atoms with E-state index in [1.807, 2.05) is 0 Å². The number of rotatable bonds is 75. The monoisotopic (exact) mass is 1520 g/mol. The van der Waals surface area contributed by atoms with Crippen LogP contribution in [0.15, 0.2) is 158 Å². The lowest BCUT2D eigenvalue weighted by Crippen LogP contribution is -2.30. The van der Waals surface area contributed by atoms with Crippen molar-refractivity contribution in [2.75, 3.05) is 39.6 Å². The van der Waals surface area contributed by atoms with Gasteiger partial charge in [0.15, 0.2) is 12.2 Å². The van der Waals surface area contributed by atoms with Gasteiger partial charge in [0.2, 0.25) is 0 Å². The molecule has 0 heterocycles. The van der Waals surface area contributed by atoms with Crippen molar-refractivity contribution in [3.8, 4) is 0 Å². The van der Waals surface area contributed by atoms with Gasteiger partial charge in [-0.05, 0) is 148 Å². The summed E-state index contributed by atoms with van der Waals surface area (Å²) in [6, 6.07) is 0. The smallest absolute Gasteiger partial charge is 0.462 e. The first-order chi connectivity index (χ1) is 51.7. The van der Waals surface area contributed by atoms with Crippen LogP contribution in [-0.2, 0) is 65.4 Å². The summed E-state index contributed by atoms with van der Waals surface area (Å²) in [6.07, 6.45) is 90.7. The van der Waals surface area contributed by atoms with Crippen LogP contribution in [0.3, 0.4) is 0 Å². The number of allylic oxidation sites excluding steroid dienone is 26. The molecule has 0 fully saturated rings. The second-order valence-corrected chi connectivity index (χ2v) is 29.5. The molecule has 0 aliphatic rings. The lowest BCUT2D eigenvalue weighted by Gasteiger charge is -2.21. The lowest BCUT2D eigenvalue weighted by atomic mass is 10.1. The molecule has 0 rings (SSSR count). The zero-order valence-electron chi connectivity index (χ0n) is 66.1. The van der Waals surface area contributed by atoms with Gasteiger partial charge in [0.05, 0.1) is 26.4 Å². The number of unbranched alkanes of at least 4 members (excludes halogenated alkanes) is 23. The molecule has 0 saturated carbocycles. The van der Waals surface area contributed by atoms with Crippen molar-refractivity contribution in [2.24, 2.45) is 0 Å². The van der Waals surface area contributed by atoms with Gasteiger partial charge in [-0.2, -0.15) is 0 Å². The molecule has 17 nitrogen and oxygen atoms in total. The number of hydrogen-bond donors (Lipinski definition) is 3. The summed E-state index contributed by atoms with van der Waals surface area (Å²) in [5.74, 6) is -2.25. The van der Waals surface area contributed by atoms with Crippen LogP contribution in [0.25, 0.3) is 0 Å². The van der Waals surface area contributed by atoms with Gasteiger partial charge in [0, 0.05) is 25.7 Å². The quantitative estimate of drug-likeness (QED) is 0.0169. The van der Waals surface area contributed by atoms with Crippen molar-refractivity contribution < 1.29 is 80.2 Å². The fourth-order valence-corrected chi connectivity index (χ4v) is 12.0. The summed E-state index contributed by atoms with van der Waals surface area (Å²) < 4.78 is 68.6. The predicted octanol–water partition coefficient (Wildman–Crippen LogP) is 24.0. The fourth-order valence-electron chi connectivity index (χ4n) is 10.4. The molecule has 0 spiro atoms. The second kappa shape index (κ2) is 77.8. The normalized spacial score (nSPS) is 14.7. The molecule has 0 saturated heterocycles. The Balaban J connectivity index is 5.41. The summed E-state index contributed by atoms with van der Waals surface area (Å²) in [5.41, 5.74) is 0. The Morgan fingerprint density at radius 2 is 0.491 bits per heavy atom. The highest BCUT2D eigenvalue weighted by atomic mass is 31.2. The maximum atomic E-state index is 13.1. The lowest BCUT2D eigenvalue weighted by molar-refractivity contribution is -0.161. The molecule has 0 aliphatic heterocycles. The van der Waals surface area contributed by atoms with Crippen LogP contribution < -0.4 is 0 Å². The average Bonchev–Trinajstić information content (AvgIpc) is 0.901. The highest BCUT2D eigenvalue weighted by Crippen LogP contribution is 2.45. The van der Waals surface area contributed by atoms with Crippen LogP contribution in [0.5, 0.6) is 0 Å². The van der Waals surface area contributed by atoms with Crippen LogP contribution in [0.1, 0.15) is 310 Å². The number of carbonyl (C=O) groups is 4. The summed E-state index contributed by atoms with van der Waals surface area (Å²) >= 11 is 0. The zero-order valence-corrected chi connectivity index (χ0v) is 67.8. The topological polar surface area (TPSA) is 237 Å². The van der Waals surface area contributed by atoms with E-state index >= 15 is 0 Å². The summed E-state index contributed by atoms with van der Waals surface area (Å²) in [4.78, 5) is 73.1. The van der Waals surface area contributed by atoms with E-state index in [4.69, 9.17) is 37.0 Å². The highest BCUT2D eigenvalue weighted by Gasteiger charge is 2.30. The number of phosphoric acid groups is 2. The number of aliphatic hydroxyl groups excluding tert-OH is 1. The Bertz CT molecular complexity index is 2630. The number of esters is 4. The molecule has 0 aromatic carbocycles. The summed E-state index contributed by atoms with van der Waals surface area (Å²) in [7, 11) is -9.99. The Hall–Kier alpha value is -5.32. The summed E-state index contributed by atoms with van der Waals surface area (Å²) in [5, 5.41) is 10.6. The molecule has 5 atom stereocenters. The SMILES string of the molecule is CC/C=C\C/C=C\C/C=C\C/C=C\C/C=C\CCCCCC(=O)OCC(COP(=O)(O)OCC(O)COP(=O)(O)OCC(COC(=O)CCCCCC/C=C\C/C=C\C/C=C\C/C=C\CC)OC(=O)CCCCCCCCCCCCC)OC(=O)CCCCCCCC/C=C\C/C=C\C/C=C\C/C=C\CC. The van der Waals surface area contributed by atoms with Gasteiger partial charge in [0.25, 0.3) is 0 Å². The molecular weight excluding hydrogens is 1380 g/mol. The second-order valence-electron chi connectivity index (χ2n) is 26.6. The minimum Gasteiger partial charge on any atom is -0.462 e. The standard InChI is InChI=1S/C87H144O17P2/c1-5-9-13-17-21-25-29-32-35-38-40-43-46-49-53-56-60-64-68-72-85(90)98-78-83(104-87(92)74-70-66-62-58-54-50-47-44-41-39-36-33-30-26-22-18-14-10-6-2)80-102-106(95,96)100-76-81(88)75-99-105(93,94)101-79-82(103-86(91)73-69-65-61-57-51-28-24-20-16-12-8-4)77-97-84(89)71-67-63-59-55-52-48-45-42-37-34-31-27-23-19-15-11-7-3/h9-11,13-15,21-23,25-27,32-37,40-41,43-45,48-49,53,81-83,88H,5-8,12,16-20,24,28-31,38-39,42,46-47,50-52,54-80H2,1-4H3,(H,93,94)(H,95,96)/b13-9-,14-10-,15-11-,25-21-,26-22-,27-23-,35-32-,36-33-,37-34-,43-40-,44-41-,48-45-,53-49-. The minimum atomic E-state index is -5.00. The van der Waals surface area contributed by atoms with Crippen LogP contribution in [0, 0.1) is 0 Å². The zero-order chi connectivity index (χ0) is 77.4. The molecule has 5 unspecified atom stereocenters. The Morgan fingerprint density at radius 1 is 0.274 bits per heavy atom. The van der Waals surface area contributed by atoms with E-state index < -0.39 is 97.5 Å². The van der Waals surface area contributed by atoms with Crippen molar-refractivity contribution in [2.45, 2.75) is 329 Å². The van der Waals surface area contributed by atoms with E-state index in [9.17, 15) is 43.2 Å². The molecule has 19 heteroatoms. The fraction of sp³-hybridized carbons (Fsp3) is 0.655. The first-order valence-electron chi connectivity index (χ1n) is 40.7. The van der Waals surface area contributed by atoms with Crippen molar-refractivity contribution in [3.05, 3.63) is 158 Å². The molecule has 0 aromatic heterocycles. The van der Waals surface area contributed by atoms with Crippen LogP contribution in [0.2, 0.25) is 0 Å². The largest absolute Gasteiger partial charge is 0.472 e. The number of phosphoric ester groups is 2. The Kier molecular flexibility index (Phi) is 73.9. The van der Waals surface area contributed by atoms with Gasteiger partial charge in [0.1, 0.15) is 19.3 Å². The van der Waals surface area contributed by atoms with Crippen LogP contribution in [-0.4, -0.2) is 96.7 Å². The summed E-state index contributed by atoms with van der Waals surface area (Å²) in [6.45, 7) is 4.45. The van der Waals surface area contributed by atoms with Crippen molar-refractivity contribution in [3.63, 3.8) is 0 Å². The predicted molar refractivity (Wildman–Crippen MR) is 436 cm³/mol. The van der Waals surface area contributed by atoms with E-state index in [1.54, 1.807) is 0 Å². The molecule has 106 heavy (non-hydrogen) atoms. The third-order valence-electron chi connectivity index (χ3n) is 16.5. The average molecular weight is 1520 g/mol. The van der Waals surface area contributed by atoms with E-state index in [2.05, 4.69) is 186 Å². The van der Waals surface area contributed by atoms with Gasteiger partial charge in [-0.1, -0.05) is 295 Å². The minimum absolute atomic E-state index is 0.0657. The molecule has 604 valence electrons. The van der Waals surface area contributed by atoms with Crippen molar-refractivity contribution in [1.29, 1.82) is 0 Å². The van der Waals surface area contributed by atoms with E-state index in [0.29, 0.717) is 25.7 Å². The maximum absolute atomic E-state index is 13.1.